The zero-order chi connectivity index (χ0) is 97.1. The molecular formula is C88H87N35O9S5. The largest absolute Gasteiger partial charge is 0.346 e. The highest BCUT2D eigenvalue weighted by atomic mass is 32.2. The van der Waals surface area contributed by atoms with Crippen molar-refractivity contribution in [3.05, 3.63) is 189 Å². The van der Waals surface area contributed by atoms with Crippen molar-refractivity contribution in [1.29, 1.82) is 26.3 Å². The Morgan fingerprint density at radius 2 is 0.774 bits per heavy atom. The molecule has 15 aromatic heterocycles. The van der Waals surface area contributed by atoms with Crippen molar-refractivity contribution in [3.63, 3.8) is 0 Å². The molecular weight excluding hydrogens is 1850 g/mol. The number of nitrogens with one attached hydrogen (secondary N) is 5. The van der Waals surface area contributed by atoms with Crippen LogP contribution in [0.1, 0.15) is 72.6 Å². The highest BCUT2D eigenvalue weighted by Gasteiger charge is 2.60. The minimum atomic E-state index is -3.37. The van der Waals surface area contributed by atoms with Crippen LogP contribution in [0.25, 0.3) is 126 Å². The van der Waals surface area contributed by atoms with Gasteiger partial charge in [0.05, 0.1) is 141 Å². The molecule has 1 unspecified atom stereocenters. The molecule has 0 spiro atoms. The molecule has 0 bridgehead atoms. The average molecular weight is 1940 g/mol. The number of rotatable bonds is 24. The third kappa shape index (κ3) is 16.9. The van der Waals surface area contributed by atoms with Crippen LogP contribution in [-0.4, -0.2) is 268 Å². The number of nitrogens with zero attached hydrogens (tertiary/aromatic N) is 30. The molecule has 0 radical (unpaired) electrons. The van der Waals surface area contributed by atoms with Crippen molar-refractivity contribution >= 4 is 128 Å². The fraction of sp³-hybridized carbons (Fsp3) is 0.352. The summed E-state index contributed by atoms with van der Waals surface area (Å²) in [4.78, 5) is 55.5. The van der Waals surface area contributed by atoms with Crippen LogP contribution in [0.2, 0.25) is 0 Å². The molecule has 137 heavy (non-hydrogen) atoms. The van der Waals surface area contributed by atoms with Gasteiger partial charge in [-0.1, -0.05) is 0 Å². The van der Waals surface area contributed by atoms with Crippen molar-refractivity contribution in [1.82, 2.24) is 130 Å². The van der Waals surface area contributed by atoms with Crippen LogP contribution in [0.5, 0.6) is 0 Å². The second-order valence-corrected chi connectivity index (χ2v) is 46.3. The van der Waals surface area contributed by atoms with E-state index in [1.165, 1.54) is 35.9 Å². The third-order valence-corrected chi connectivity index (χ3v) is 35.3. The van der Waals surface area contributed by atoms with Crippen LogP contribution in [0.15, 0.2) is 154 Å². The van der Waals surface area contributed by atoms with Crippen molar-refractivity contribution in [2.24, 2.45) is 0 Å². The number of hydrogen-bond donors (Lipinski definition) is 5. The lowest BCUT2D eigenvalue weighted by molar-refractivity contribution is 0.0707. The Balaban J connectivity index is 0.000000119. The second kappa shape index (κ2) is 35.9. The third-order valence-electron chi connectivity index (χ3n) is 26.0. The Morgan fingerprint density at radius 1 is 0.423 bits per heavy atom. The maximum Gasteiger partial charge on any atom is 0.219 e. The molecule has 21 rings (SSSR count). The summed E-state index contributed by atoms with van der Waals surface area (Å²) in [5.41, 5.74) is 9.73. The van der Waals surface area contributed by atoms with E-state index in [-0.39, 0.29) is 102 Å². The summed E-state index contributed by atoms with van der Waals surface area (Å²) in [5.74, 6) is 3.84. The molecule has 1 aliphatic carbocycles. The standard InChI is InChI=1S/C20H19N7O2S.C18H17N7O2S.C18H17N7OS.C17H18N6O2S.C15H16N8O2S/c1-19(4-5-19)30(28,29)26-12-20(13-26,6-7-21)27-11-14(9-25-27)17-15-3-8-23-18(15)24-10-16(17)22-2;1-3-28(26,27)24-11-18(12-24,5-6-19)25-10-13(8-23-25)16-14-4-7-21-17(14)22-9-15(16)20-2;1-20-15-9-22-17-14(4-7-21-17)16(15)13-8-23-25(10-13)18(5-6-19)11-24(12-18)27(2,3)26;1-2-26(24,25)22-11-17(12-22,6-7-18)23-10-5-15(21-23)13-3-8-19-16-14(13)4-9-20-16;1-2-26(24,25)22-7-15(8-22,3-4-16)23-6-11(5-21-23)12-13-14(19-9-17-12)20-10-18-13/h3,8-11H,4-6,12-13H2,1H3,(H,23,24);4,7-10H,3,5,11-12H2,1H3,(H,21,22);4,7-10H,2,5,11-12H2,3H3,(H,21,22);3-5,8-10H,2,6,11-12H2,1H3,(H,19,20);5-6,9-10H,2-3,7-8H2,1H3,(H,17,18,19,20). The topological polar surface area (TPSA) is 560 Å². The van der Waals surface area contributed by atoms with Crippen molar-refractivity contribution < 1.29 is 37.9 Å². The highest BCUT2D eigenvalue weighted by Crippen LogP contribution is 2.50. The van der Waals surface area contributed by atoms with Gasteiger partial charge in [-0.3, -0.25) is 42.6 Å². The summed E-state index contributed by atoms with van der Waals surface area (Å²) >= 11 is 0. The van der Waals surface area contributed by atoms with Gasteiger partial charge in [-0.25, -0.2) is 72.4 Å². The minimum Gasteiger partial charge on any atom is -0.346 e. The van der Waals surface area contributed by atoms with Gasteiger partial charge in [0, 0.05) is 228 Å². The Bertz CT molecular complexity index is 8050. The van der Waals surface area contributed by atoms with Gasteiger partial charge in [-0.05, 0) is 82.8 Å². The van der Waals surface area contributed by atoms with E-state index in [0.29, 0.717) is 76.8 Å². The maximum absolute atomic E-state index is 12.8. The van der Waals surface area contributed by atoms with Crippen molar-refractivity contribution in [2.45, 2.75) is 105 Å². The lowest BCUT2D eigenvalue weighted by Crippen LogP contribution is -2.65. The fourth-order valence-corrected chi connectivity index (χ4v) is 24.5. The van der Waals surface area contributed by atoms with Crippen LogP contribution >= 0.6 is 0 Å². The molecule has 0 aromatic carbocycles. The molecule has 698 valence electrons. The van der Waals surface area contributed by atoms with E-state index in [4.69, 9.17) is 19.7 Å². The molecule has 49 heteroatoms. The van der Waals surface area contributed by atoms with E-state index in [2.05, 4.69) is 136 Å². The Labute approximate surface area is 786 Å². The van der Waals surface area contributed by atoms with Gasteiger partial charge in [-0.2, -0.15) is 69.0 Å². The number of hydrogen-bond acceptors (Lipinski definition) is 26. The summed E-state index contributed by atoms with van der Waals surface area (Å²) in [7, 11) is -15.5. The van der Waals surface area contributed by atoms with Crippen molar-refractivity contribution in [2.75, 3.05) is 89.0 Å². The molecule has 5 aliphatic heterocycles. The number of sulfonamides is 4. The van der Waals surface area contributed by atoms with E-state index in [1.54, 1.807) is 142 Å². The van der Waals surface area contributed by atoms with Crippen molar-refractivity contribution in [3.8, 4) is 86.2 Å². The number of nitriles is 5. The number of H-pyrrole nitrogens is 5. The van der Waals surface area contributed by atoms with Gasteiger partial charge < -0.3 is 24.9 Å². The predicted molar refractivity (Wildman–Crippen MR) is 506 cm³/mol. The van der Waals surface area contributed by atoms with Crippen LogP contribution in [0.4, 0.5) is 17.1 Å². The predicted octanol–water partition coefficient (Wildman–Crippen LogP) is 9.39. The van der Waals surface area contributed by atoms with Crippen LogP contribution < -0.4 is 0 Å². The molecule has 44 nitrogen and oxygen atoms in total. The second-order valence-electron chi connectivity index (χ2n) is 34.7. The molecule has 6 fully saturated rings. The minimum absolute atomic E-state index is 0.0246. The van der Waals surface area contributed by atoms with Gasteiger partial charge >= 0.3 is 0 Å². The summed E-state index contributed by atoms with van der Waals surface area (Å²) in [5, 5.41) is 72.3. The normalized spacial score (nSPS) is 17.8. The van der Waals surface area contributed by atoms with E-state index in [9.17, 15) is 64.2 Å². The quantitative estimate of drug-likeness (QED) is 0.0277. The first-order valence-corrected chi connectivity index (χ1v) is 51.2. The number of aromatic nitrogens is 22. The highest BCUT2D eigenvalue weighted by molar-refractivity contribution is 7.97. The Kier molecular flexibility index (Phi) is 24.6. The molecule has 0 amide bonds. The van der Waals surface area contributed by atoms with Crippen LogP contribution in [0, 0.1) is 76.4 Å². The summed E-state index contributed by atoms with van der Waals surface area (Å²) < 4.78 is 126. The number of fused-ring (bicyclic) bond motifs is 5. The van der Waals surface area contributed by atoms with Gasteiger partial charge in [-0.15, -0.1) is 0 Å². The van der Waals surface area contributed by atoms with Gasteiger partial charge in [0.15, 0.2) is 5.65 Å². The smallest absolute Gasteiger partial charge is 0.219 e. The Hall–Kier alpha value is -15.1. The fourth-order valence-electron chi connectivity index (χ4n) is 17.7. The van der Waals surface area contributed by atoms with Gasteiger partial charge in [0.2, 0.25) is 57.2 Å². The van der Waals surface area contributed by atoms with E-state index < -0.39 is 82.2 Å². The molecule has 20 heterocycles. The lowest BCUT2D eigenvalue weighted by Gasteiger charge is -2.49. The molecule has 1 saturated carbocycles. The van der Waals surface area contributed by atoms with Gasteiger partial charge in [0.25, 0.3) is 0 Å². The Morgan fingerprint density at radius 3 is 1.14 bits per heavy atom. The monoisotopic (exact) mass is 1940 g/mol. The van der Waals surface area contributed by atoms with E-state index in [0.717, 1.165) is 77.4 Å². The zero-order valence-corrected chi connectivity index (χ0v) is 78.5. The number of aromatic amines is 5. The van der Waals surface area contributed by atoms with E-state index in [1.807, 2.05) is 55.0 Å². The first-order valence-electron chi connectivity index (χ1n) is 42.8. The van der Waals surface area contributed by atoms with Crippen LogP contribution in [0.3, 0.4) is 0 Å². The first kappa shape index (κ1) is 93.7. The molecule has 5 N–H and O–H groups in total. The average Bonchev–Trinajstić information content (AvgIpc) is 1.53. The van der Waals surface area contributed by atoms with Crippen LogP contribution in [-0.2, 0) is 77.5 Å². The molecule has 15 aromatic rings. The molecule has 6 aliphatic rings. The van der Waals surface area contributed by atoms with E-state index >= 15 is 0 Å². The molecule has 5 saturated heterocycles. The van der Waals surface area contributed by atoms with Gasteiger partial charge in [0.1, 0.15) is 67.8 Å². The summed E-state index contributed by atoms with van der Waals surface area (Å²) in [6.07, 6.45) is 36.0. The number of pyridine rings is 4. The molecule has 1 atom stereocenters. The maximum atomic E-state index is 12.8. The summed E-state index contributed by atoms with van der Waals surface area (Å²) in [6.45, 7) is 31.8. The first-order chi connectivity index (χ1) is 65.6. The summed E-state index contributed by atoms with van der Waals surface area (Å²) in [6, 6.07) is 22.2. The number of imidazole rings is 1. The SMILES string of the molecule is CCS(=O)(=O)N1CC(CC#N)(n2cc(-c3ncnc4nc[nH]c34)cn2)C1.CCS(=O)(=O)N1CC(CC#N)(n2ccc(-c3ccnc4[nH]ccc34)n2)C1.[C-]#[N+]c1cnc2[nH]ccc2c1-c1cnn(C2(CC#N)CN(S(=C)(C)=O)C2)c1.[C-]#[N+]c1cnc2[nH]ccc2c1-c1cnn(C2(CC#N)CN(S(=O)(=O)C3(C)CC3)C2)c1.[C-]#[N+]c1cnc2[nH]ccc2c1-c1cnn(C2(CC#N)CN(S(=O)(=O)CC)C2)c1. The lowest BCUT2D eigenvalue weighted by atomic mass is 9.89. The zero-order valence-electron chi connectivity index (χ0n) is 74.4.